The van der Waals surface area contributed by atoms with Crippen molar-refractivity contribution in [2.24, 2.45) is 0 Å². The van der Waals surface area contributed by atoms with E-state index in [1.807, 2.05) is 0 Å². The van der Waals surface area contributed by atoms with Crippen molar-refractivity contribution in [1.29, 1.82) is 0 Å². The van der Waals surface area contributed by atoms with Crippen LogP contribution in [0.5, 0.6) is 0 Å². The summed E-state index contributed by atoms with van der Waals surface area (Å²) in [5.41, 5.74) is -0.587. The van der Waals surface area contributed by atoms with Gasteiger partial charge in [0.1, 0.15) is 22.1 Å². The maximum atomic E-state index is 14.2. The summed E-state index contributed by atoms with van der Waals surface area (Å²) in [5.74, 6) is -1.35. The van der Waals surface area contributed by atoms with Crippen molar-refractivity contribution in [3.63, 3.8) is 0 Å². The lowest BCUT2D eigenvalue weighted by atomic mass is 9.90. The smallest absolute Gasteiger partial charge is 0.410 e. The van der Waals surface area contributed by atoms with Crippen LogP contribution in [-0.4, -0.2) is 60.4 Å². The predicted octanol–water partition coefficient (Wildman–Crippen LogP) is 4.78. The Morgan fingerprint density at radius 2 is 1.82 bits per heavy atom. The standard InChI is InChI=1S/C27H30ClF2N3O5S/c1-17(34)31-21-10-13-32(16-21)26(35)38-27(11-12-27)25-7-3-6-23(18-4-2-5-19(29)14-18)33(25)39(36,37)24-9-8-20(30)15-22(24)28/h2,4-5,8-9,14-15,21,23,25H,3,6-7,10-13,16H2,1H3,(H,31,34)/t21?,23-,25+/m0/s1. The van der Waals surface area contributed by atoms with E-state index >= 15 is 0 Å². The number of benzene rings is 2. The van der Waals surface area contributed by atoms with Gasteiger partial charge in [0.05, 0.1) is 17.1 Å². The third kappa shape index (κ3) is 5.62. The number of amides is 2. The minimum atomic E-state index is -4.33. The molecule has 0 aromatic heterocycles. The molecule has 210 valence electrons. The summed E-state index contributed by atoms with van der Waals surface area (Å²) in [6.45, 7) is 2.13. The van der Waals surface area contributed by atoms with Crippen LogP contribution in [-0.2, 0) is 19.6 Å². The van der Waals surface area contributed by atoms with Gasteiger partial charge in [-0.3, -0.25) is 4.79 Å². The number of nitrogens with zero attached hydrogens (tertiary/aromatic N) is 2. The first-order valence-electron chi connectivity index (χ1n) is 13.0. The van der Waals surface area contributed by atoms with Crippen molar-refractivity contribution >= 4 is 33.6 Å². The molecule has 2 aromatic carbocycles. The largest absolute Gasteiger partial charge is 0.441 e. The van der Waals surface area contributed by atoms with Gasteiger partial charge in [-0.15, -0.1) is 0 Å². The maximum absolute atomic E-state index is 14.2. The SMILES string of the molecule is CC(=O)NC1CCN(C(=O)OC2([C@H]3CCC[C@@H](c4cccc(F)c4)N3S(=O)(=O)c3ccc(F)cc3Cl)CC2)C1. The van der Waals surface area contributed by atoms with E-state index in [-0.39, 0.29) is 21.9 Å². The van der Waals surface area contributed by atoms with Gasteiger partial charge in [0.15, 0.2) is 0 Å². The zero-order valence-electron chi connectivity index (χ0n) is 21.4. The first-order chi connectivity index (χ1) is 18.5. The van der Waals surface area contributed by atoms with Gasteiger partial charge in [-0.2, -0.15) is 4.31 Å². The van der Waals surface area contributed by atoms with Crippen LogP contribution in [0.15, 0.2) is 47.4 Å². The minimum absolute atomic E-state index is 0.172. The third-order valence-electron chi connectivity index (χ3n) is 7.75. The Labute approximate surface area is 231 Å². The fourth-order valence-corrected chi connectivity index (χ4v) is 8.25. The molecule has 2 aliphatic heterocycles. The fourth-order valence-electron chi connectivity index (χ4n) is 5.83. The van der Waals surface area contributed by atoms with E-state index in [0.717, 1.165) is 18.2 Å². The highest BCUT2D eigenvalue weighted by Gasteiger charge is 2.60. The Kier molecular flexibility index (Phi) is 7.60. The average Bonchev–Trinajstić information content (AvgIpc) is 3.50. The number of hydrogen-bond acceptors (Lipinski definition) is 5. The summed E-state index contributed by atoms with van der Waals surface area (Å²) in [6.07, 6.45) is 2.43. The summed E-state index contributed by atoms with van der Waals surface area (Å²) in [4.78, 5) is 25.9. The molecule has 2 heterocycles. The molecular formula is C27H30ClF2N3O5S. The van der Waals surface area contributed by atoms with Crippen LogP contribution >= 0.6 is 11.6 Å². The zero-order chi connectivity index (χ0) is 27.9. The normalized spacial score (nSPS) is 24.8. The van der Waals surface area contributed by atoms with E-state index in [0.29, 0.717) is 57.2 Å². The van der Waals surface area contributed by atoms with E-state index in [2.05, 4.69) is 5.32 Å². The number of halogens is 3. The number of sulfonamides is 1. The van der Waals surface area contributed by atoms with Crippen LogP contribution in [0.2, 0.25) is 5.02 Å². The van der Waals surface area contributed by atoms with E-state index in [1.54, 1.807) is 6.07 Å². The van der Waals surface area contributed by atoms with E-state index in [4.69, 9.17) is 16.3 Å². The van der Waals surface area contributed by atoms with Gasteiger partial charge in [-0.25, -0.2) is 22.0 Å². The van der Waals surface area contributed by atoms with Gasteiger partial charge < -0.3 is 15.0 Å². The average molecular weight is 582 g/mol. The Balaban J connectivity index is 1.48. The Morgan fingerprint density at radius 3 is 2.49 bits per heavy atom. The Bertz CT molecular complexity index is 1390. The molecule has 3 fully saturated rings. The molecule has 3 atom stereocenters. The van der Waals surface area contributed by atoms with Crippen molar-refractivity contribution in [2.45, 2.75) is 74.1 Å². The third-order valence-corrected chi connectivity index (χ3v) is 10.1. The zero-order valence-corrected chi connectivity index (χ0v) is 23.0. The highest BCUT2D eigenvalue weighted by atomic mass is 35.5. The molecule has 1 N–H and O–H groups in total. The van der Waals surface area contributed by atoms with Crippen molar-refractivity contribution < 1.29 is 31.5 Å². The summed E-state index contributed by atoms with van der Waals surface area (Å²) in [6, 6.07) is 7.23. The van der Waals surface area contributed by atoms with Gasteiger partial charge in [-0.05, 0) is 74.4 Å². The van der Waals surface area contributed by atoms with Crippen molar-refractivity contribution in [2.75, 3.05) is 13.1 Å². The number of likely N-dealkylation sites (tertiary alicyclic amines) is 1. The Hall–Kier alpha value is -2.76. The molecule has 0 spiro atoms. The summed E-state index contributed by atoms with van der Waals surface area (Å²) >= 11 is 6.22. The molecule has 1 aliphatic carbocycles. The van der Waals surface area contributed by atoms with E-state index in [9.17, 15) is 26.8 Å². The van der Waals surface area contributed by atoms with Crippen LogP contribution < -0.4 is 5.32 Å². The second kappa shape index (κ2) is 10.7. The first kappa shape index (κ1) is 27.8. The molecule has 2 aromatic rings. The van der Waals surface area contributed by atoms with Crippen LogP contribution in [0.3, 0.4) is 0 Å². The van der Waals surface area contributed by atoms with Gasteiger partial charge in [0.25, 0.3) is 0 Å². The van der Waals surface area contributed by atoms with Gasteiger partial charge in [0.2, 0.25) is 15.9 Å². The molecule has 2 amide bonds. The molecular weight excluding hydrogens is 552 g/mol. The van der Waals surface area contributed by atoms with Crippen LogP contribution in [0, 0.1) is 11.6 Å². The Morgan fingerprint density at radius 1 is 1.08 bits per heavy atom. The summed E-state index contributed by atoms with van der Waals surface area (Å²) < 4.78 is 63.8. The van der Waals surface area contributed by atoms with Gasteiger partial charge >= 0.3 is 6.09 Å². The van der Waals surface area contributed by atoms with Crippen LogP contribution in [0.4, 0.5) is 13.6 Å². The molecule has 0 bridgehead atoms. The lowest BCUT2D eigenvalue weighted by Crippen LogP contribution is -2.54. The molecule has 0 radical (unpaired) electrons. The molecule has 1 unspecified atom stereocenters. The van der Waals surface area contributed by atoms with Crippen LogP contribution in [0.1, 0.15) is 57.1 Å². The second-order valence-corrected chi connectivity index (χ2v) is 12.7. The minimum Gasteiger partial charge on any atom is -0.441 e. The van der Waals surface area contributed by atoms with E-state index in [1.165, 1.54) is 34.3 Å². The lowest BCUT2D eigenvalue weighted by molar-refractivity contribution is -0.119. The second-order valence-electron chi connectivity index (χ2n) is 10.5. The lowest BCUT2D eigenvalue weighted by Gasteiger charge is -2.44. The fraction of sp³-hybridized carbons (Fsp3) is 0.481. The van der Waals surface area contributed by atoms with Crippen molar-refractivity contribution in [3.05, 3.63) is 64.7 Å². The highest BCUT2D eigenvalue weighted by Crippen LogP contribution is 2.53. The molecule has 12 heteroatoms. The molecule has 8 nitrogen and oxygen atoms in total. The topological polar surface area (TPSA) is 96.0 Å². The number of nitrogens with one attached hydrogen (secondary N) is 1. The van der Waals surface area contributed by atoms with E-state index < -0.39 is 45.4 Å². The first-order valence-corrected chi connectivity index (χ1v) is 14.8. The molecule has 3 aliphatic rings. The summed E-state index contributed by atoms with van der Waals surface area (Å²) in [5, 5.41) is 2.54. The number of carbonyl (C=O) groups is 2. The monoisotopic (exact) mass is 581 g/mol. The quantitative estimate of drug-likeness (QED) is 0.530. The van der Waals surface area contributed by atoms with Gasteiger partial charge in [0, 0.05) is 26.1 Å². The highest BCUT2D eigenvalue weighted by molar-refractivity contribution is 7.89. The number of ether oxygens (including phenoxy) is 1. The number of rotatable bonds is 6. The number of carbonyl (C=O) groups excluding carboxylic acids is 2. The number of piperidine rings is 1. The van der Waals surface area contributed by atoms with Crippen molar-refractivity contribution in [3.8, 4) is 0 Å². The van der Waals surface area contributed by atoms with Gasteiger partial charge in [-0.1, -0.05) is 23.7 Å². The molecule has 5 rings (SSSR count). The number of hydrogen-bond donors (Lipinski definition) is 1. The molecule has 2 saturated heterocycles. The van der Waals surface area contributed by atoms with Crippen LogP contribution in [0.25, 0.3) is 0 Å². The molecule has 1 saturated carbocycles. The van der Waals surface area contributed by atoms with Crippen molar-refractivity contribution in [1.82, 2.24) is 14.5 Å². The summed E-state index contributed by atoms with van der Waals surface area (Å²) in [7, 11) is -4.33. The maximum Gasteiger partial charge on any atom is 0.410 e. The molecule has 39 heavy (non-hydrogen) atoms. The predicted molar refractivity (Wildman–Crippen MR) is 139 cm³/mol.